The predicted octanol–water partition coefficient (Wildman–Crippen LogP) is 3.10. The molecule has 0 radical (unpaired) electrons. The predicted molar refractivity (Wildman–Crippen MR) is 78.1 cm³/mol. The summed E-state index contributed by atoms with van der Waals surface area (Å²) in [5, 5.41) is 9.26. The van der Waals surface area contributed by atoms with Crippen molar-refractivity contribution in [1.82, 2.24) is 0 Å². The zero-order valence-corrected chi connectivity index (χ0v) is 12.1. The third kappa shape index (κ3) is 2.69. The topological polar surface area (TPSA) is 57.6 Å². The van der Waals surface area contributed by atoms with E-state index in [1.807, 2.05) is 13.0 Å². The van der Waals surface area contributed by atoms with E-state index in [0.29, 0.717) is 12.1 Å². The molecule has 1 amide bonds. The van der Waals surface area contributed by atoms with E-state index in [1.54, 1.807) is 17.0 Å². The van der Waals surface area contributed by atoms with Crippen LogP contribution in [0.3, 0.4) is 0 Å². The number of carboxylic acid groups (broad SMARTS) is 1. The van der Waals surface area contributed by atoms with Crippen molar-refractivity contribution in [3.8, 4) is 0 Å². The van der Waals surface area contributed by atoms with Crippen LogP contribution in [-0.2, 0) is 11.2 Å². The van der Waals surface area contributed by atoms with E-state index in [9.17, 15) is 14.7 Å². The number of aromatic carboxylic acids is 1. The summed E-state index contributed by atoms with van der Waals surface area (Å²) in [6, 6.07) is 5.19. The molecule has 1 atom stereocenters. The van der Waals surface area contributed by atoms with Gasteiger partial charge < -0.3 is 10.0 Å². The molecule has 1 heterocycles. The smallest absolute Gasteiger partial charge is 0.336 e. The van der Waals surface area contributed by atoms with E-state index >= 15 is 0 Å². The van der Waals surface area contributed by atoms with Gasteiger partial charge >= 0.3 is 5.97 Å². The van der Waals surface area contributed by atoms with Crippen LogP contribution in [0.5, 0.6) is 0 Å². The Morgan fingerprint density at radius 3 is 2.80 bits per heavy atom. The number of nitrogens with zero attached hydrogens (tertiary/aromatic N) is 1. The lowest BCUT2D eigenvalue weighted by Crippen LogP contribution is -2.39. The quantitative estimate of drug-likeness (QED) is 0.918. The molecule has 4 nitrogen and oxygen atoms in total. The number of fused-ring (bicyclic) bond motifs is 1. The normalized spacial score (nSPS) is 15.6. The average molecular weight is 275 g/mol. The van der Waals surface area contributed by atoms with Crippen LogP contribution >= 0.6 is 0 Å². The van der Waals surface area contributed by atoms with Crippen molar-refractivity contribution >= 4 is 17.6 Å². The Morgan fingerprint density at radius 2 is 2.15 bits per heavy atom. The van der Waals surface area contributed by atoms with E-state index in [4.69, 9.17) is 0 Å². The SMILES string of the molecule is CCCC(C)C(=O)N1CCCc2c(C(=O)O)cccc21. The molecule has 0 spiro atoms. The van der Waals surface area contributed by atoms with Gasteiger partial charge in [-0.15, -0.1) is 0 Å². The molecule has 1 unspecified atom stereocenters. The molecule has 0 aromatic heterocycles. The highest BCUT2D eigenvalue weighted by Crippen LogP contribution is 2.31. The number of hydrogen-bond donors (Lipinski definition) is 1. The number of amides is 1. The lowest BCUT2D eigenvalue weighted by atomic mass is 9.94. The Labute approximate surface area is 119 Å². The van der Waals surface area contributed by atoms with E-state index in [2.05, 4.69) is 6.92 Å². The van der Waals surface area contributed by atoms with Gasteiger partial charge in [-0.2, -0.15) is 0 Å². The Hall–Kier alpha value is -1.84. The van der Waals surface area contributed by atoms with Crippen molar-refractivity contribution in [2.75, 3.05) is 11.4 Å². The summed E-state index contributed by atoms with van der Waals surface area (Å²) in [5.74, 6) is -0.826. The zero-order chi connectivity index (χ0) is 14.7. The fraction of sp³-hybridized carbons (Fsp3) is 0.500. The van der Waals surface area contributed by atoms with Gasteiger partial charge in [-0.3, -0.25) is 4.79 Å². The minimum Gasteiger partial charge on any atom is -0.478 e. The van der Waals surface area contributed by atoms with Gasteiger partial charge in [-0.05, 0) is 37.0 Å². The third-order valence-electron chi connectivity index (χ3n) is 3.89. The molecule has 0 bridgehead atoms. The highest BCUT2D eigenvalue weighted by molar-refractivity contribution is 5.99. The maximum absolute atomic E-state index is 12.5. The van der Waals surface area contributed by atoms with Crippen molar-refractivity contribution in [2.24, 2.45) is 5.92 Å². The maximum Gasteiger partial charge on any atom is 0.336 e. The van der Waals surface area contributed by atoms with Gasteiger partial charge in [0.25, 0.3) is 0 Å². The number of carbonyl (C=O) groups is 2. The fourth-order valence-electron chi connectivity index (χ4n) is 2.88. The first-order valence-electron chi connectivity index (χ1n) is 7.22. The van der Waals surface area contributed by atoms with Crippen molar-refractivity contribution in [3.05, 3.63) is 29.3 Å². The van der Waals surface area contributed by atoms with Gasteiger partial charge in [0.1, 0.15) is 0 Å². The van der Waals surface area contributed by atoms with Gasteiger partial charge in [-0.25, -0.2) is 4.79 Å². The minimum atomic E-state index is -0.919. The Morgan fingerprint density at radius 1 is 1.40 bits per heavy atom. The van der Waals surface area contributed by atoms with E-state index in [-0.39, 0.29) is 11.8 Å². The Bertz CT molecular complexity index is 524. The van der Waals surface area contributed by atoms with Crippen LogP contribution < -0.4 is 4.90 Å². The van der Waals surface area contributed by atoms with E-state index in [0.717, 1.165) is 36.9 Å². The first-order valence-corrected chi connectivity index (χ1v) is 7.22. The molecule has 2 rings (SSSR count). The maximum atomic E-state index is 12.5. The van der Waals surface area contributed by atoms with Crippen molar-refractivity contribution in [2.45, 2.75) is 39.5 Å². The van der Waals surface area contributed by atoms with Gasteiger partial charge in [0, 0.05) is 18.2 Å². The summed E-state index contributed by atoms with van der Waals surface area (Å²) < 4.78 is 0. The average Bonchev–Trinajstić information content (AvgIpc) is 2.45. The summed E-state index contributed by atoms with van der Waals surface area (Å²) in [4.78, 5) is 25.6. The van der Waals surface area contributed by atoms with Crippen LogP contribution in [0.25, 0.3) is 0 Å². The summed E-state index contributed by atoms with van der Waals surface area (Å²) in [7, 11) is 0. The number of hydrogen-bond acceptors (Lipinski definition) is 2. The third-order valence-corrected chi connectivity index (χ3v) is 3.89. The number of carboxylic acids is 1. The monoisotopic (exact) mass is 275 g/mol. The summed E-state index contributed by atoms with van der Waals surface area (Å²) >= 11 is 0. The van der Waals surface area contributed by atoms with Crippen molar-refractivity contribution < 1.29 is 14.7 Å². The van der Waals surface area contributed by atoms with Crippen LogP contribution in [0.1, 0.15) is 49.0 Å². The van der Waals surface area contributed by atoms with Crippen LogP contribution in [-0.4, -0.2) is 23.5 Å². The molecule has 1 aromatic carbocycles. The molecule has 20 heavy (non-hydrogen) atoms. The summed E-state index contributed by atoms with van der Waals surface area (Å²) in [6.45, 7) is 4.70. The highest BCUT2D eigenvalue weighted by atomic mass is 16.4. The number of carbonyl (C=O) groups excluding carboxylic acids is 1. The molecule has 1 aromatic rings. The van der Waals surface area contributed by atoms with Crippen LogP contribution in [0.4, 0.5) is 5.69 Å². The first kappa shape index (κ1) is 14.6. The van der Waals surface area contributed by atoms with Crippen LogP contribution in [0, 0.1) is 5.92 Å². The van der Waals surface area contributed by atoms with Crippen molar-refractivity contribution in [1.29, 1.82) is 0 Å². The second-order valence-electron chi connectivity index (χ2n) is 5.39. The zero-order valence-electron chi connectivity index (χ0n) is 12.1. The number of anilines is 1. The number of rotatable bonds is 4. The minimum absolute atomic E-state index is 0.0144. The first-order chi connectivity index (χ1) is 9.56. The summed E-state index contributed by atoms with van der Waals surface area (Å²) in [6.07, 6.45) is 3.39. The van der Waals surface area contributed by atoms with Gasteiger partial charge in [0.15, 0.2) is 0 Å². The molecule has 1 aliphatic rings. The molecule has 0 saturated heterocycles. The fourth-order valence-corrected chi connectivity index (χ4v) is 2.88. The van der Waals surface area contributed by atoms with Gasteiger partial charge in [-0.1, -0.05) is 26.3 Å². The lowest BCUT2D eigenvalue weighted by Gasteiger charge is -2.32. The summed E-state index contributed by atoms with van der Waals surface area (Å²) in [5.41, 5.74) is 1.90. The molecule has 0 saturated carbocycles. The van der Waals surface area contributed by atoms with E-state index < -0.39 is 5.97 Å². The molecule has 1 aliphatic heterocycles. The van der Waals surface area contributed by atoms with Crippen LogP contribution in [0.15, 0.2) is 18.2 Å². The van der Waals surface area contributed by atoms with Gasteiger partial charge in [0.05, 0.1) is 5.56 Å². The second kappa shape index (κ2) is 6.07. The highest BCUT2D eigenvalue weighted by Gasteiger charge is 2.28. The molecule has 1 N–H and O–H groups in total. The molecule has 108 valence electrons. The van der Waals surface area contributed by atoms with Crippen LogP contribution in [0.2, 0.25) is 0 Å². The van der Waals surface area contributed by atoms with Gasteiger partial charge in [0.2, 0.25) is 5.91 Å². The largest absolute Gasteiger partial charge is 0.478 e. The Kier molecular flexibility index (Phi) is 4.42. The molecule has 0 fully saturated rings. The molecule has 0 aliphatic carbocycles. The molecular weight excluding hydrogens is 254 g/mol. The molecular formula is C16H21NO3. The van der Waals surface area contributed by atoms with E-state index in [1.165, 1.54) is 0 Å². The number of benzene rings is 1. The second-order valence-corrected chi connectivity index (χ2v) is 5.39. The van der Waals surface area contributed by atoms with Crippen molar-refractivity contribution in [3.63, 3.8) is 0 Å². The molecule has 4 heteroatoms. The Balaban J connectivity index is 2.36. The standard InChI is InChI=1S/C16H21NO3/c1-3-6-11(2)15(18)17-10-5-8-12-13(16(19)20)7-4-9-14(12)17/h4,7,9,11H,3,5-6,8,10H2,1-2H3,(H,19,20). The lowest BCUT2D eigenvalue weighted by molar-refractivity contribution is -0.122.